The zero-order valence-corrected chi connectivity index (χ0v) is 17.0. The summed E-state index contributed by atoms with van der Waals surface area (Å²) in [6, 6.07) is 7.08. The minimum absolute atomic E-state index is 0.0133. The molecule has 1 atom stereocenters. The molecular formula is C21H33N3O3. The number of likely N-dealkylation sites (N-methyl/N-ethyl adjacent to an activating group) is 1. The number of rotatable bonds is 9. The number of ether oxygens (including phenoxy) is 1. The van der Waals surface area contributed by atoms with Gasteiger partial charge in [0, 0.05) is 38.8 Å². The highest BCUT2D eigenvalue weighted by molar-refractivity contribution is 5.90. The zero-order valence-electron chi connectivity index (χ0n) is 17.0. The number of nitrogens with one attached hydrogen (secondary N) is 1. The summed E-state index contributed by atoms with van der Waals surface area (Å²) in [5.74, 6) is 1.80. The third-order valence-corrected chi connectivity index (χ3v) is 4.77. The van der Waals surface area contributed by atoms with E-state index in [-0.39, 0.29) is 18.4 Å². The van der Waals surface area contributed by atoms with Crippen LogP contribution in [0.2, 0.25) is 0 Å². The molecule has 1 aromatic rings. The summed E-state index contributed by atoms with van der Waals surface area (Å²) in [5, 5.41) is 2.78. The SMILES string of the molecule is CCC(=O)Nc1ccc(OCC(=O)N(C)CC2CCN(CC(C)C)C2)cc1. The van der Waals surface area contributed by atoms with Crippen molar-refractivity contribution in [3.63, 3.8) is 0 Å². The first-order valence-electron chi connectivity index (χ1n) is 9.86. The zero-order chi connectivity index (χ0) is 19.8. The van der Waals surface area contributed by atoms with Crippen molar-refractivity contribution < 1.29 is 14.3 Å². The molecule has 0 radical (unpaired) electrons. The molecule has 0 spiro atoms. The lowest BCUT2D eigenvalue weighted by atomic mass is 10.1. The number of nitrogens with zero attached hydrogens (tertiary/aromatic N) is 2. The molecule has 6 nitrogen and oxygen atoms in total. The van der Waals surface area contributed by atoms with Crippen LogP contribution < -0.4 is 10.1 Å². The summed E-state index contributed by atoms with van der Waals surface area (Å²) in [6.45, 7) is 10.4. The third-order valence-electron chi connectivity index (χ3n) is 4.77. The molecule has 0 aliphatic carbocycles. The van der Waals surface area contributed by atoms with Crippen LogP contribution in [0.4, 0.5) is 5.69 Å². The monoisotopic (exact) mass is 375 g/mol. The molecule has 27 heavy (non-hydrogen) atoms. The van der Waals surface area contributed by atoms with E-state index >= 15 is 0 Å². The van der Waals surface area contributed by atoms with Crippen molar-refractivity contribution in [3.8, 4) is 5.75 Å². The maximum atomic E-state index is 12.3. The Hall–Kier alpha value is -2.08. The second-order valence-corrected chi connectivity index (χ2v) is 7.80. The van der Waals surface area contributed by atoms with Crippen molar-refractivity contribution in [2.75, 3.05) is 45.2 Å². The Balaban J connectivity index is 1.72. The normalized spacial score (nSPS) is 17.1. The Labute approximate surface area is 162 Å². The minimum atomic E-state index is -0.0284. The van der Waals surface area contributed by atoms with Crippen LogP contribution in [0.15, 0.2) is 24.3 Å². The van der Waals surface area contributed by atoms with E-state index in [0.29, 0.717) is 24.0 Å². The van der Waals surface area contributed by atoms with Crippen molar-refractivity contribution in [3.05, 3.63) is 24.3 Å². The van der Waals surface area contributed by atoms with Crippen LogP contribution in [0.25, 0.3) is 0 Å². The molecule has 0 aromatic heterocycles. The van der Waals surface area contributed by atoms with Crippen LogP contribution in [0.1, 0.15) is 33.6 Å². The highest BCUT2D eigenvalue weighted by atomic mass is 16.5. The van der Waals surface area contributed by atoms with Gasteiger partial charge in [-0.1, -0.05) is 20.8 Å². The van der Waals surface area contributed by atoms with E-state index in [1.165, 1.54) is 0 Å². The van der Waals surface area contributed by atoms with Crippen LogP contribution in [0.5, 0.6) is 5.75 Å². The predicted octanol–water partition coefficient (Wildman–Crippen LogP) is 2.85. The van der Waals surface area contributed by atoms with E-state index in [0.717, 1.165) is 38.3 Å². The van der Waals surface area contributed by atoms with Gasteiger partial charge in [-0.05, 0) is 49.1 Å². The summed E-state index contributed by atoms with van der Waals surface area (Å²) in [6.07, 6.45) is 1.59. The average molecular weight is 376 g/mol. The fraction of sp³-hybridized carbons (Fsp3) is 0.619. The quantitative estimate of drug-likeness (QED) is 0.721. The van der Waals surface area contributed by atoms with Crippen LogP contribution in [-0.4, -0.2) is 61.4 Å². The molecule has 1 N–H and O–H groups in total. The highest BCUT2D eigenvalue weighted by Gasteiger charge is 2.25. The third kappa shape index (κ3) is 7.21. The van der Waals surface area contributed by atoms with Crippen LogP contribution >= 0.6 is 0 Å². The van der Waals surface area contributed by atoms with Gasteiger partial charge >= 0.3 is 0 Å². The molecule has 1 aliphatic rings. The van der Waals surface area contributed by atoms with Crippen molar-refractivity contribution in [1.82, 2.24) is 9.80 Å². The number of likely N-dealkylation sites (tertiary alicyclic amines) is 1. The van der Waals surface area contributed by atoms with Crippen molar-refractivity contribution in [2.24, 2.45) is 11.8 Å². The summed E-state index contributed by atoms with van der Waals surface area (Å²) in [7, 11) is 1.85. The Kier molecular flexibility index (Phi) is 8.10. The Morgan fingerprint density at radius 1 is 1.30 bits per heavy atom. The molecule has 1 unspecified atom stereocenters. The van der Waals surface area contributed by atoms with E-state index in [4.69, 9.17) is 4.74 Å². The molecule has 0 saturated carbocycles. The molecule has 1 heterocycles. The molecule has 2 rings (SSSR count). The van der Waals surface area contributed by atoms with E-state index in [1.807, 2.05) is 14.0 Å². The first-order chi connectivity index (χ1) is 12.9. The molecule has 1 saturated heterocycles. The molecule has 0 bridgehead atoms. The molecule has 1 aromatic carbocycles. The number of benzene rings is 1. The van der Waals surface area contributed by atoms with E-state index in [1.54, 1.807) is 29.2 Å². The van der Waals surface area contributed by atoms with E-state index in [2.05, 4.69) is 24.1 Å². The number of hydrogen-bond donors (Lipinski definition) is 1. The topological polar surface area (TPSA) is 61.9 Å². The number of carbonyl (C=O) groups excluding carboxylic acids is 2. The Morgan fingerprint density at radius 2 is 2.00 bits per heavy atom. The average Bonchev–Trinajstić information content (AvgIpc) is 3.06. The first kappa shape index (κ1) is 21.2. The fourth-order valence-corrected chi connectivity index (χ4v) is 3.37. The largest absolute Gasteiger partial charge is 0.484 e. The van der Waals surface area contributed by atoms with Crippen molar-refractivity contribution in [2.45, 2.75) is 33.6 Å². The Morgan fingerprint density at radius 3 is 2.63 bits per heavy atom. The van der Waals surface area contributed by atoms with Gasteiger partial charge in [-0.25, -0.2) is 0 Å². The number of hydrogen-bond acceptors (Lipinski definition) is 4. The maximum absolute atomic E-state index is 12.3. The summed E-state index contributed by atoms with van der Waals surface area (Å²) in [4.78, 5) is 28.0. The van der Waals surface area contributed by atoms with Gasteiger partial charge in [-0.3, -0.25) is 9.59 Å². The van der Waals surface area contributed by atoms with Gasteiger partial charge in [0.1, 0.15) is 5.75 Å². The molecular weight excluding hydrogens is 342 g/mol. The fourth-order valence-electron chi connectivity index (χ4n) is 3.37. The standard InChI is InChI=1S/C21H33N3O3/c1-5-20(25)22-18-6-8-19(9-7-18)27-15-21(26)23(4)13-17-10-11-24(14-17)12-16(2)3/h6-9,16-17H,5,10-15H2,1-4H3,(H,22,25). The lowest BCUT2D eigenvalue weighted by Crippen LogP contribution is -2.36. The van der Waals surface area contributed by atoms with Gasteiger partial charge in [0.15, 0.2) is 6.61 Å². The summed E-state index contributed by atoms with van der Waals surface area (Å²) >= 11 is 0. The smallest absolute Gasteiger partial charge is 0.260 e. The molecule has 2 amide bonds. The minimum Gasteiger partial charge on any atom is -0.484 e. The first-order valence-corrected chi connectivity index (χ1v) is 9.86. The van der Waals surface area contributed by atoms with Crippen molar-refractivity contribution in [1.29, 1.82) is 0 Å². The second kappa shape index (κ2) is 10.3. The van der Waals surface area contributed by atoms with E-state index < -0.39 is 0 Å². The number of carbonyl (C=O) groups is 2. The van der Waals surface area contributed by atoms with Crippen LogP contribution in [0.3, 0.4) is 0 Å². The van der Waals surface area contributed by atoms with Gasteiger partial charge < -0.3 is 19.9 Å². The van der Waals surface area contributed by atoms with Gasteiger partial charge in [0.25, 0.3) is 5.91 Å². The molecule has 150 valence electrons. The predicted molar refractivity (Wildman–Crippen MR) is 108 cm³/mol. The second-order valence-electron chi connectivity index (χ2n) is 7.80. The van der Waals surface area contributed by atoms with Gasteiger partial charge in [-0.15, -0.1) is 0 Å². The van der Waals surface area contributed by atoms with Gasteiger partial charge in [0.2, 0.25) is 5.91 Å². The number of anilines is 1. The number of amides is 2. The van der Waals surface area contributed by atoms with Gasteiger partial charge in [0.05, 0.1) is 0 Å². The van der Waals surface area contributed by atoms with Gasteiger partial charge in [-0.2, -0.15) is 0 Å². The summed E-state index contributed by atoms with van der Waals surface area (Å²) < 4.78 is 5.60. The van der Waals surface area contributed by atoms with Crippen LogP contribution in [-0.2, 0) is 9.59 Å². The lowest BCUT2D eigenvalue weighted by Gasteiger charge is -2.22. The molecule has 1 aliphatic heterocycles. The van der Waals surface area contributed by atoms with E-state index in [9.17, 15) is 9.59 Å². The molecule has 1 fully saturated rings. The summed E-state index contributed by atoms with van der Waals surface area (Å²) in [5.41, 5.74) is 0.727. The lowest BCUT2D eigenvalue weighted by molar-refractivity contribution is -0.132. The molecule has 6 heteroatoms. The Bertz CT molecular complexity index is 616. The maximum Gasteiger partial charge on any atom is 0.260 e. The van der Waals surface area contributed by atoms with Crippen molar-refractivity contribution >= 4 is 17.5 Å². The van der Waals surface area contributed by atoms with Crippen LogP contribution in [0, 0.1) is 11.8 Å². The highest BCUT2D eigenvalue weighted by Crippen LogP contribution is 2.19.